The fourth-order valence-electron chi connectivity index (χ4n) is 1.75. The maximum Gasteiger partial charge on any atom is 0.123 e. The van der Waals surface area contributed by atoms with Gasteiger partial charge in [0.25, 0.3) is 0 Å². The predicted octanol–water partition coefficient (Wildman–Crippen LogP) is 3.27. The largest absolute Gasteiger partial charge is 0.507 e. The lowest BCUT2D eigenvalue weighted by molar-refractivity contribution is 0.456. The summed E-state index contributed by atoms with van der Waals surface area (Å²) in [6.45, 7) is 11.1. The van der Waals surface area contributed by atoms with Gasteiger partial charge in [0, 0.05) is 12.1 Å². The van der Waals surface area contributed by atoms with Gasteiger partial charge >= 0.3 is 0 Å². The van der Waals surface area contributed by atoms with Gasteiger partial charge in [0.1, 0.15) is 5.75 Å². The van der Waals surface area contributed by atoms with Crippen LogP contribution in [-0.2, 0) is 12.0 Å². The van der Waals surface area contributed by atoms with Gasteiger partial charge in [0.2, 0.25) is 0 Å². The molecular weight excluding hydrogens is 198 g/mol. The van der Waals surface area contributed by atoms with Crippen molar-refractivity contribution >= 4 is 0 Å². The molecule has 1 aromatic carbocycles. The first kappa shape index (κ1) is 13.0. The van der Waals surface area contributed by atoms with Crippen LogP contribution in [0.25, 0.3) is 0 Å². The molecule has 0 saturated heterocycles. The topological polar surface area (TPSA) is 46.2 Å². The molecule has 0 heterocycles. The van der Waals surface area contributed by atoms with E-state index in [1.165, 1.54) is 5.56 Å². The number of hydrogen-bond donors (Lipinski definition) is 2. The van der Waals surface area contributed by atoms with Crippen LogP contribution in [0.15, 0.2) is 12.1 Å². The van der Waals surface area contributed by atoms with Crippen LogP contribution in [0.1, 0.15) is 57.2 Å². The van der Waals surface area contributed by atoms with E-state index in [1.807, 2.05) is 6.07 Å². The summed E-state index contributed by atoms with van der Waals surface area (Å²) in [4.78, 5) is 0. The van der Waals surface area contributed by atoms with E-state index in [9.17, 15) is 5.11 Å². The number of benzene rings is 1. The van der Waals surface area contributed by atoms with Crippen LogP contribution in [0.2, 0.25) is 0 Å². The fourth-order valence-corrected chi connectivity index (χ4v) is 1.75. The molecule has 1 rings (SSSR count). The molecule has 2 heteroatoms. The van der Waals surface area contributed by atoms with Crippen LogP contribution in [0.5, 0.6) is 5.75 Å². The van der Waals surface area contributed by atoms with E-state index in [0.717, 1.165) is 11.1 Å². The molecule has 0 atom stereocenters. The zero-order valence-electron chi connectivity index (χ0n) is 11.0. The third-order valence-electron chi connectivity index (χ3n) is 2.93. The average molecular weight is 221 g/mol. The minimum absolute atomic E-state index is 0.0846. The van der Waals surface area contributed by atoms with E-state index in [-0.39, 0.29) is 5.41 Å². The van der Waals surface area contributed by atoms with Crippen molar-refractivity contribution < 1.29 is 5.11 Å². The second kappa shape index (κ2) is 4.46. The number of aromatic hydroxyl groups is 1. The Morgan fingerprint density at radius 1 is 1.25 bits per heavy atom. The molecule has 0 aliphatic carbocycles. The number of hydrogen-bond acceptors (Lipinski definition) is 2. The third kappa shape index (κ3) is 2.56. The number of rotatable bonds is 2. The first-order chi connectivity index (χ1) is 7.27. The van der Waals surface area contributed by atoms with Crippen molar-refractivity contribution in [1.29, 1.82) is 0 Å². The zero-order chi connectivity index (χ0) is 12.5. The first-order valence-corrected chi connectivity index (χ1v) is 5.83. The van der Waals surface area contributed by atoms with E-state index in [0.29, 0.717) is 18.2 Å². The van der Waals surface area contributed by atoms with Crippen molar-refractivity contribution in [3.63, 3.8) is 0 Å². The van der Waals surface area contributed by atoms with Crippen molar-refractivity contribution in [2.24, 2.45) is 5.73 Å². The van der Waals surface area contributed by atoms with Crippen molar-refractivity contribution in [3.05, 3.63) is 28.8 Å². The van der Waals surface area contributed by atoms with Crippen molar-refractivity contribution in [3.8, 4) is 5.75 Å². The Morgan fingerprint density at radius 2 is 1.81 bits per heavy atom. The summed E-state index contributed by atoms with van der Waals surface area (Å²) in [5, 5.41) is 10.1. The van der Waals surface area contributed by atoms with Crippen LogP contribution < -0.4 is 5.73 Å². The molecule has 1 aromatic rings. The molecule has 0 aromatic heterocycles. The lowest BCUT2D eigenvalue weighted by Gasteiger charge is -2.23. The molecular formula is C14H23NO. The molecule has 90 valence electrons. The summed E-state index contributed by atoms with van der Waals surface area (Å²) in [7, 11) is 0. The van der Waals surface area contributed by atoms with Crippen LogP contribution >= 0.6 is 0 Å². The molecule has 0 bridgehead atoms. The minimum atomic E-state index is 0.0846. The van der Waals surface area contributed by atoms with E-state index in [4.69, 9.17) is 5.73 Å². The second-order valence-corrected chi connectivity index (χ2v) is 5.68. The van der Waals surface area contributed by atoms with E-state index >= 15 is 0 Å². The molecule has 0 saturated carbocycles. The van der Waals surface area contributed by atoms with E-state index < -0.39 is 0 Å². The van der Waals surface area contributed by atoms with Gasteiger partial charge in [0.05, 0.1) is 0 Å². The van der Waals surface area contributed by atoms with E-state index in [1.54, 1.807) is 0 Å². The Hall–Kier alpha value is -1.02. The van der Waals surface area contributed by atoms with Gasteiger partial charge in [-0.2, -0.15) is 0 Å². The predicted molar refractivity (Wildman–Crippen MR) is 68.8 cm³/mol. The third-order valence-corrected chi connectivity index (χ3v) is 2.93. The Morgan fingerprint density at radius 3 is 2.19 bits per heavy atom. The molecule has 0 aliphatic heterocycles. The Balaban J connectivity index is 3.40. The van der Waals surface area contributed by atoms with Gasteiger partial charge < -0.3 is 10.8 Å². The monoisotopic (exact) mass is 221 g/mol. The van der Waals surface area contributed by atoms with Gasteiger partial charge in [-0.15, -0.1) is 0 Å². The highest BCUT2D eigenvalue weighted by Gasteiger charge is 2.19. The smallest absolute Gasteiger partial charge is 0.123 e. The zero-order valence-corrected chi connectivity index (χ0v) is 11.0. The van der Waals surface area contributed by atoms with Gasteiger partial charge in [-0.1, -0.05) is 46.8 Å². The number of nitrogens with two attached hydrogens (primary N) is 1. The average Bonchev–Trinajstić information content (AvgIpc) is 2.15. The summed E-state index contributed by atoms with van der Waals surface area (Å²) < 4.78 is 0. The van der Waals surface area contributed by atoms with Gasteiger partial charge in [0.15, 0.2) is 0 Å². The summed E-state index contributed by atoms with van der Waals surface area (Å²) in [6.07, 6.45) is 0. The molecule has 0 unspecified atom stereocenters. The van der Waals surface area contributed by atoms with Crippen LogP contribution in [0, 0.1) is 0 Å². The second-order valence-electron chi connectivity index (χ2n) is 5.68. The maximum atomic E-state index is 10.1. The minimum Gasteiger partial charge on any atom is -0.507 e. The molecule has 0 spiro atoms. The molecule has 3 N–H and O–H groups in total. The Labute approximate surface area is 98.5 Å². The standard InChI is InChI=1S/C14H23NO/c1-9(2)12-7-11(14(3,4)5)6-10(8-15)13(12)16/h6-7,9,16H,8,15H2,1-5H3. The molecule has 2 nitrogen and oxygen atoms in total. The summed E-state index contributed by atoms with van der Waals surface area (Å²) in [5.41, 5.74) is 8.82. The lowest BCUT2D eigenvalue weighted by Crippen LogP contribution is -2.13. The van der Waals surface area contributed by atoms with Gasteiger partial charge in [-0.25, -0.2) is 0 Å². The van der Waals surface area contributed by atoms with Crippen molar-refractivity contribution in [1.82, 2.24) is 0 Å². The molecule has 0 amide bonds. The van der Waals surface area contributed by atoms with Crippen molar-refractivity contribution in [2.75, 3.05) is 0 Å². The van der Waals surface area contributed by atoms with Gasteiger partial charge in [-0.3, -0.25) is 0 Å². The van der Waals surface area contributed by atoms with Crippen LogP contribution in [-0.4, -0.2) is 5.11 Å². The Kier molecular flexibility index (Phi) is 3.64. The van der Waals surface area contributed by atoms with Crippen LogP contribution in [0.4, 0.5) is 0 Å². The SMILES string of the molecule is CC(C)c1cc(C(C)(C)C)cc(CN)c1O. The normalized spacial score (nSPS) is 12.2. The number of phenols is 1. The maximum absolute atomic E-state index is 10.1. The van der Waals surface area contributed by atoms with Gasteiger partial charge in [-0.05, 0) is 22.5 Å². The molecule has 16 heavy (non-hydrogen) atoms. The molecule has 0 aliphatic rings. The number of phenolic OH excluding ortho intramolecular Hbond substituents is 1. The van der Waals surface area contributed by atoms with Crippen molar-refractivity contribution in [2.45, 2.75) is 52.5 Å². The molecule has 0 radical (unpaired) electrons. The highest BCUT2D eigenvalue weighted by atomic mass is 16.3. The quantitative estimate of drug-likeness (QED) is 0.805. The summed E-state index contributed by atoms with van der Waals surface area (Å²) in [6, 6.07) is 4.11. The molecule has 0 fully saturated rings. The fraction of sp³-hybridized carbons (Fsp3) is 0.571. The first-order valence-electron chi connectivity index (χ1n) is 5.83. The highest BCUT2D eigenvalue weighted by molar-refractivity contribution is 5.47. The summed E-state index contributed by atoms with van der Waals surface area (Å²) >= 11 is 0. The lowest BCUT2D eigenvalue weighted by atomic mass is 9.83. The van der Waals surface area contributed by atoms with Crippen LogP contribution in [0.3, 0.4) is 0 Å². The summed E-state index contributed by atoms with van der Waals surface area (Å²) in [5.74, 6) is 0.679. The van der Waals surface area contributed by atoms with E-state index in [2.05, 4.69) is 40.7 Å². The highest BCUT2D eigenvalue weighted by Crippen LogP contribution is 2.34. The Bertz CT molecular complexity index is 375.